The first-order valence-electron chi connectivity index (χ1n) is 12.6. The summed E-state index contributed by atoms with van der Waals surface area (Å²) in [6.07, 6.45) is 9.12. The quantitative estimate of drug-likeness (QED) is 0.321. The van der Waals surface area contributed by atoms with Gasteiger partial charge < -0.3 is 20.9 Å². The number of aromatic nitrogens is 4. The van der Waals surface area contributed by atoms with E-state index in [1.54, 1.807) is 17.1 Å². The highest BCUT2D eigenvalue weighted by molar-refractivity contribution is 6.13. The van der Waals surface area contributed by atoms with Gasteiger partial charge >= 0.3 is 0 Å². The number of amides is 1. The van der Waals surface area contributed by atoms with Crippen LogP contribution in [0.15, 0.2) is 85.5 Å². The smallest absolute Gasteiger partial charge is 0.258 e. The zero-order valence-electron chi connectivity index (χ0n) is 20.5. The third kappa shape index (κ3) is 4.71. The molecule has 0 aliphatic carbocycles. The summed E-state index contributed by atoms with van der Waals surface area (Å²) in [6, 6.07) is 20.4. The number of anilines is 2. The molecule has 6 rings (SSSR count). The van der Waals surface area contributed by atoms with Crippen molar-refractivity contribution in [1.82, 2.24) is 19.7 Å². The van der Waals surface area contributed by atoms with Crippen LogP contribution >= 0.6 is 0 Å². The van der Waals surface area contributed by atoms with Gasteiger partial charge in [0.25, 0.3) is 5.91 Å². The molecule has 4 N–H and O–H groups in total. The number of nitrogens with two attached hydrogens (primary N) is 1. The number of H-pyrrole nitrogens is 1. The Morgan fingerprint density at radius 2 is 1.86 bits per heavy atom. The maximum Gasteiger partial charge on any atom is 0.258 e. The lowest BCUT2D eigenvalue weighted by molar-refractivity contribution is 0.102. The number of carbonyl (C=O) groups excluding carboxylic acids is 1. The summed E-state index contributed by atoms with van der Waals surface area (Å²) in [7, 11) is 0. The molecule has 186 valence electrons. The molecule has 37 heavy (non-hydrogen) atoms. The van der Waals surface area contributed by atoms with Crippen molar-refractivity contribution in [2.75, 3.05) is 23.3 Å². The highest BCUT2D eigenvalue weighted by Gasteiger charge is 2.25. The van der Waals surface area contributed by atoms with Crippen molar-refractivity contribution in [3.63, 3.8) is 0 Å². The molecule has 0 saturated carbocycles. The Morgan fingerprint density at radius 1 is 1.08 bits per heavy atom. The molecule has 3 aromatic heterocycles. The number of aromatic amines is 1. The fraction of sp³-hybridized carbons (Fsp3) is 0.207. The predicted molar refractivity (Wildman–Crippen MR) is 147 cm³/mol. The number of hydrogen-bond acceptors (Lipinski definition) is 5. The Bertz CT molecular complexity index is 1520. The summed E-state index contributed by atoms with van der Waals surface area (Å²) in [5.41, 5.74) is 12.6. The normalized spacial score (nSPS) is 15.7. The average molecular weight is 492 g/mol. The molecule has 8 heteroatoms. The molecule has 2 aromatic carbocycles. The van der Waals surface area contributed by atoms with Gasteiger partial charge in [0.05, 0.1) is 35.1 Å². The highest BCUT2D eigenvalue weighted by atomic mass is 16.1. The third-order valence-electron chi connectivity index (χ3n) is 6.86. The van der Waals surface area contributed by atoms with Crippen molar-refractivity contribution in [2.45, 2.75) is 25.4 Å². The molecule has 1 fully saturated rings. The van der Waals surface area contributed by atoms with Crippen LogP contribution in [0, 0.1) is 0 Å². The molecule has 1 atom stereocenters. The number of carbonyl (C=O) groups is 1. The minimum absolute atomic E-state index is 0.105. The topological polar surface area (TPSA) is 105 Å². The Kier molecular flexibility index (Phi) is 6.16. The van der Waals surface area contributed by atoms with Gasteiger partial charge in [0, 0.05) is 43.3 Å². The van der Waals surface area contributed by atoms with Gasteiger partial charge in [-0.1, -0.05) is 60.7 Å². The van der Waals surface area contributed by atoms with Crippen LogP contribution in [0.25, 0.3) is 22.2 Å². The van der Waals surface area contributed by atoms with Gasteiger partial charge in [0.2, 0.25) is 0 Å². The predicted octanol–water partition coefficient (Wildman–Crippen LogP) is 4.65. The number of rotatable bonds is 6. The van der Waals surface area contributed by atoms with Crippen LogP contribution in [0.5, 0.6) is 0 Å². The van der Waals surface area contributed by atoms with Crippen LogP contribution in [0.1, 0.15) is 28.8 Å². The summed E-state index contributed by atoms with van der Waals surface area (Å²) in [5.74, 6) is -0.216. The zero-order chi connectivity index (χ0) is 25.2. The van der Waals surface area contributed by atoms with Crippen molar-refractivity contribution >= 4 is 28.3 Å². The number of nitrogens with zero attached hydrogens (tertiary/aromatic N) is 4. The standard InChI is InChI=1S/C29H29N7O/c30-23-12-7-13-35(19-23)27-24(21-10-5-2-6-11-21)15-31-28-26(27)25(16-32-28)34-29(37)22-14-33-36(18-22)17-20-8-3-1-4-9-20/h1-6,8-11,14-16,18,23H,7,12-13,17,19,30H2,(H,31,32)(H,34,37)/t23-/m1/s1. The van der Waals surface area contributed by atoms with E-state index in [2.05, 4.69) is 32.4 Å². The molecule has 1 aliphatic heterocycles. The van der Waals surface area contributed by atoms with Crippen LogP contribution in [-0.2, 0) is 6.54 Å². The Morgan fingerprint density at radius 3 is 2.65 bits per heavy atom. The van der Waals surface area contributed by atoms with Gasteiger partial charge in [0.15, 0.2) is 0 Å². The summed E-state index contributed by atoms with van der Waals surface area (Å²) < 4.78 is 1.77. The van der Waals surface area contributed by atoms with Crippen molar-refractivity contribution in [3.8, 4) is 11.1 Å². The maximum atomic E-state index is 13.3. The molecule has 8 nitrogen and oxygen atoms in total. The molecule has 0 radical (unpaired) electrons. The number of piperidine rings is 1. The van der Waals surface area contributed by atoms with E-state index in [-0.39, 0.29) is 11.9 Å². The second-order valence-electron chi connectivity index (χ2n) is 9.53. The summed E-state index contributed by atoms with van der Waals surface area (Å²) >= 11 is 0. The number of nitrogens with one attached hydrogen (secondary N) is 2. The first-order chi connectivity index (χ1) is 18.2. The van der Waals surface area contributed by atoms with Gasteiger partial charge in [-0.2, -0.15) is 5.10 Å². The summed E-state index contributed by atoms with van der Waals surface area (Å²) in [5, 5.41) is 8.39. The average Bonchev–Trinajstić information content (AvgIpc) is 3.56. The van der Waals surface area contributed by atoms with Crippen LogP contribution in [0.2, 0.25) is 0 Å². The van der Waals surface area contributed by atoms with Gasteiger partial charge in [-0.15, -0.1) is 0 Å². The van der Waals surface area contributed by atoms with Crippen molar-refractivity contribution in [1.29, 1.82) is 0 Å². The second-order valence-corrected chi connectivity index (χ2v) is 9.53. The van der Waals surface area contributed by atoms with Gasteiger partial charge in [-0.3, -0.25) is 9.48 Å². The number of benzene rings is 2. The summed E-state index contributed by atoms with van der Waals surface area (Å²) in [4.78, 5) is 23.6. The van der Waals surface area contributed by atoms with E-state index in [1.807, 2.05) is 60.9 Å². The zero-order valence-corrected chi connectivity index (χ0v) is 20.5. The monoisotopic (exact) mass is 491 g/mol. The largest absolute Gasteiger partial charge is 0.369 e. The lowest BCUT2D eigenvalue weighted by Gasteiger charge is -2.34. The second kappa shape index (κ2) is 9.91. The first-order valence-corrected chi connectivity index (χ1v) is 12.6. The lowest BCUT2D eigenvalue weighted by Crippen LogP contribution is -2.43. The SMILES string of the molecule is N[C@@H]1CCCN(c2c(-c3ccccc3)cnc3[nH]cc(NC(=O)c4cnn(Cc5ccccc5)c4)c23)C1. The molecule has 1 saturated heterocycles. The maximum absolute atomic E-state index is 13.3. The Balaban J connectivity index is 1.36. The minimum Gasteiger partial charge on any atom is -0.369 e. The molecule has 1 aliphatic rings. The highest BCUT2D eigenvalue weighted by Crippen LogP contribution is 2.41. The van der Waals surface area contributed by atoms with Gasteiger partial charge in [0.1, 0.15) is 5.65 Å². The summed E-state index contributed by atoms with van der Waals surface area (Å²) in [6.45, 7) is 2.26. The van der Waals surface area contributed by atoms with E-state index in [4.69, 9.17) is 10.7 Å². The molecule has 0 bridgehead atoms. The third-order valence-corrected chi connectivity index (χ3v) is 6.86. The van der Waals surface area contributed by atoms with Gasteiger partial charge in [-0.05, 0) is 24.0 Å². The lowest BCUT2D eigenvalue weighted by atomic mass is 9.99. The number of fused-ring (bicyclic) bond motifs is 1. The van der Waals surface area contributed by atoms with Crippen molar-refractivity contribution in [2.24, 2.45) is 5.73 Å². The fourth-order valence-corrected chi connectivity index (χ4v) is 5.08. The molecule has 0 unspecified atom stereocenters. The molecular formula is C29H29N7O. The minimum atomic E-state index is -0.216. The molecule has 0 spiro atoms. The van der Waals surface area contributed by atoms with Crippen LogP contribution in [-0.4, -0.2) is 44.8 Å². The van der Waals surface area contributed by atoms with E-state index >= 15 is 0 Å². The van der Waals surface area contributed by atoms with Crippen LogP contribution in [0.4, 0.5) is 11.4 Å². The molecule has 5 aromatic rings. The molecule has 4 heterocycles. The molecule has 1 amide bonds. The number of pyridine rings is 1. The van der Waals surface area contributed by atoms with Crippen LogP contribution < -0.4 is 16.0 Å². The Labute approximate surface area is 215 Å². The van der Waals surface area contributed by atoms with Crippen molar-refractivity contribution in [3.05, 3.63) is 96.6 Å². The van der Waals surface area contributed by atoms with Crippen molar-refractivity contribution < 1.29 is 4.79 Å². The van der Waals surface area contributed by atoms with E-state index < -0.39 is 0 Å². The van der Waals surface area contributed by atoms with E-state index in [0.717, 1.165) is 59.3 Å². The van der Waals surface area contributed by atoms with Gasteiger partial charge in [-0.25, -0.2) is 4.98 Å². The first kappa shape index (κ1) is 23.0. The molecular weight excluding hydrogens is 462 g/mol. The van der Waals surface area contributed by atoms with E-state index in [9.17, 15) is 4.79 Å². The van der Waals surface area contributed by atoms with E-state index in [0.29, 0.717) is 17.8 Å². The fourth-order valence-electron chi connectivity index (χ4n) is 5.08. The Hall–Kier alpha value is -4.43. The van der Waals surface area contributed by atoms with E-state index in [1.165, 1.54) is 0 Å². The van der Waals surface area contributed by atoms with Crippen LogP contribution in [0.3, 0.4) is 0 Å². The number of hydrogen-bond donors (Lipinski definition) is 3.